The normalized spacial score (nSPS) is 11.0. The lowest BCUT2D eigenvalue weighted by Gasteiger charge is -2.06. The topological polar surface area (TPSA) is 75.3 Å². The van der Waals surface area contributed by atoms with Gasteiger partial charge in [0.1, 0.15) is 23.2 Å². The monoisotopic (exact) mass is 468 g/mol. The highest BCUT2D eigenvalue weighted by Gasteiger charge is 2.14. The zero-order valence-electron chi connectivity index (χ0n) is 15.7. The molecule has 0 spiro atoms. The third kappa shape index (κ3) is 5.53. The van der Waals surface area contributed by atoms with Crippen LogP contribution >= 0.6 is 27.7 Å². The molecule has 1 amide bonds. The Labute approximate surface area is 181 Å². The second kappa shape index (κ2) is 9.50. The second-order valence-corrected chi connectivity index (χ2v) is 7.96. The average Bonchev–Trinajstić information content (AvgIpc) is 3.06. The Morgan fingerprint density at radius 3 is 2.69 bits per heavy atom. The van der Waals surface area contributed by atoms with Gasteiger partial charge in [-0.2, -0.15) is 5.26 Å². The van der Waals surface area contributed by atoms with Crippen LogP contribution in [0.25, 0.3) is 6.08 Å². The van der Waals surface area contributed by atoms with Crippen LogP contribution in [0.15, 0.2) is 79.0 Å². The third-order valence-electron chi connectivity index (χ3n) is 3.89. The molecule has 0 fully saturated rings. The Balaban J connectivity index is 1.77. The van der Waals surface area contributed by atoms with Crippen LogP contribution in [0.4, 0.5) is 5.69 Å². The maximum Gasteiger partial charge on any atom is 0.266 e. The largest absolute Gasteiger partial charge is 0.497 e. The molecule has 0 radical (unpaired) electrons. The number of nitrogens with zero attached hydrogens (tertiary/aromatic N) is 1. The summed E-state index contributed by atoms with van der Waals surface area (Å²) >= 11 is 4.92. The van der Waals surface area contributed by atoms with Crippen molar-refractivity contribution in [1.82, 2.24) is 0 Å². The molecule has 1 heterocycles. The van der Waals surface area contributed by atoms with Crippen LogP contribution in [0.5, 0.6) is 5.75 Å². The fourth-order valence-electron chi connectivity index (χ4n) is 2.41. The molecule has 146 valence electrons. The van der Waals surface area contributed by atoms with Crippen molar-refractivity contribution in [2.24, 2.45) is 0 Å². The van der Waals surface area contributed by atoms with Crippen molar-refractivity contribution in [3.8, 4) is 11.8 Å². The Bertz CT molecular complexity index is 1100. The predicted molar refractivity (Wildman–Crippen MR) is 117 cm³/mol. The van der Waals surface area contributed by atoms with Crippen LogP contribution in [-0.2, 0) is 4.79 Å². The van der Waals surface area contributed by atoms with E-state index in [4.69, 9.17) is 9.15 Å². The number of nitriles is 1. The molecule has 1 aromatic heterocycles. The van der Waals surface area contributed by atoms with Gasteiger partial charge in [-0.05, 0) is 53.2 Å². The molecule has 2 aromatic carbocycles. The molecule has 0 saturated heterocycles. The highest BCUT2D eigenvalue weighted by Crippen LogP contribution is 2.36. The lowest BCUT2D eigenvalue weighted by molar-refractivity contribution is -0.112. The smallest absolute Gasteiger partial charge is 0.266 e. The van der Waals surface area contributed by atoms with Crippen molar-refractivity contribution in [3.05, 3.63) is 76.0 Å². The zero-order chi connectivity index (χ0) is 20.8. The number of halogens is 1. The van der Waals surface area contributed by atoms with Gasteiger partial charge in [0.05, 0.1) is 11.6 Å². The molecule has 0 aliphatic heterocycles. The summed E-state index contributed by atoms with van der Waals surface area (Å²) < 4.78 is 11.7. The summed E-state index contributed by atoms with van der Waals surface area (Å²) in [7, 11) is 1.54. The second-order valence-electron chi connectivity index (χ2n) is 6.06. The van der Waals surface area contributed by atoms with Crippen molar-refractivity contribution in [1.29, 1.82) is 5.26 Å². The first-order valence-corrected chi connectivity index (χ1v) is 10.2. The van der Waals surface area contributed by atoms with Gasteiger partial charge >= 0.3 is 0 Å². The molecule has 0 atom stereocenters. The number of carbonyl (C=O) groups is 1. The molecule has 7 heteroatoms. The molecule has 0 aliphatic rings. The molecule has 0 bridgehead atoms. The Morgan fingerprint density at radius 2 is 2.00 bits per heavy atom. The van der Waals surface area contributed by atoms with Gasteiger partial charge in [-0.3, -0.25) is 4.79 Å². The van der Waals surface area contributed by atoms with Gasteiger partial charge < -0.3 is 14.5 Å². The van der Waals surface area contributed by atoms with E-state index >= 15 is 0 Å². The molecule has 29 heavy (non-hydrogen) atoms. The number of anilines is 1. The van der Waals surface area contributed by atoms with E-state index in [0.717, 1.165) is 9.37 Å². The number of aryl methyl sites for hydroxylation is 1. The number of nitrogens with one attached hydrogen (secondary N) is 1. The Kier molecular flexibility index (Phi) is 6.81. The minimum Gasteiger partial charge on any atom is -0.497 e. The number of furan rings is 1. The van der Waals surface area contributed by atoms with Crippen LogP contribution in [0, 0.1) is 18.3 Å². The van der Waals surface area contributed by atoms with E-state index in [2.05, 4.69) is 21.2 Å². The maximum atomic E-state index is 12.5. The van der Waals surface area contributed by atoms with E-state index in [1.54, 1.807) is 37.4 Å². The van der Waals surface area contributed by atoms with Gasteiger partial charge in [-0.25, -0.2) is 0 Å². The summed E-state index contributed by atoms with van der Waals surface area (Å²) in [5.41, 5.74) is 1.64. The number of benzene rings is 2. The molecule has 1 N–H and O–H groups in total. The molecule has 5 nitrogen and oxygen atoms in total. The summed E-state index contributed by atoms with van der Waals surface area (Å²) in [6.45, 7) is 2.03. The molecular weight excluding hydrogens is 452 g/mol. The number of carbonyl (C=O) groups excluding carboxylic acids is 1. The molecule has 0 aliphatic carbocycles. The van der Waals surface area contributed by atoms with Crippen molar-refractivity contribution >= 4 is 45.4 Å². The van der Waals surface area contributed by atoms with Gasteiger partial charge in [0.15, 0.2) is 5.09 Å². The number of amides is 1. The molecule has 0 unspecified atom stereocenters. The standard InChI is InChI=1S/C22H17BrN2O3S/c1-14-6-8-19(9-7-14)29-22-20(23)12-18(28-22)10-15(13-24)21(26)25-16-4-3-5-17(11-16)27-2/h3-12H,1-2H3,(H,25,26). The van der Waals surface area contributed by atoms with Crippen LogP contribution in [-0.4, -0.2) is 13.0 Å². The van der Waals surface area contributed by atoms with Gasteiger partial charge in [0, 0.05) is 22.7 Å². The molecule has 3 aromatic rings. The van der Waals surface area contributed by atoms with Crippen LogP contribution in [0.1, 0.15) is 11.3 Å². The quantitative estimate of drug-likeness (QED) is 0.351. The molecule has 3 rings (SSSR count). The van der Waals surface area contributed by atoms with Crippen molar-refractivity contribution in [2.45, 2.75) is 16.9 Å². The van der Waals surface area contributed by atoms with Crippen LogP contribution in [0.3, 0.4) is 0 Å². The summed E-state index contributed by atoms with van der Waals surface area (Å²) in [5.74, 6) is 0.489. The highest BCUT2D eigenvalue weighted by atomic mass is 79.9. The number of hydrogen-bond acceptors (Lipinski definition) is 5. The first kappa shape index (κ1) is 20.8. The number of methoxy groups -OCH3 is 1. The van der Waals surface area contributed by atoms with Gasteiger partial charge in [-0.1, -0.05) is 35.5 Å². The fraction of sp³-hybridized carbons (Fsp3) is 0.0909. The van der Waals surface area contributed by atoms with E-state index in [9.17, 15) is 10.1 Å². The van der Waals surface area contributed by atoms with Crippen LogP contribution in [0.2, 0.25) is 0 Å². The van der Waals surface area contributed by atoms with Crippen LogP contribution < -0.4 is 10.1 Å². The first-order valence-electron chi connectivity index (χ1n) is 8.59. The SMILES string of the molecule is COc1cccc(NC(=O)C(C#N)=Cc2cc(Br)c(Sc3ccc(C)cc3)o2)c1. The maximum absolute atomic E-state index is 12.5. The average molecular weight is 469 g/mol. The summed E-state index contributed by atoms with van der Waals surface area (Å²) in [4.78, 5) is 13.5. The minimum absolute atomic E-state index is 0.0686. The summed E-state index contributed by atoms with van der Waals surface area (Å²) in [5, 5.41) is 12.7. The van der Waals surface area contributed by atoms with E-state index in [0.29, 0.717) is 22.3 Å². The number of ether oxygens (including phenoxy) is 1. The number of rotatable bonds is 6. The van der Waals surface area contributed by atoms with Gasteiger partial charge in [-0.15, -0.1) is 0 Å². The summed E-state index contributed by atoms with van der Waals surface area (Å²) in [6.07, 6.45) is 1.42. The predicted octanol–water partition coefficient (Wildman–Crippen LogP) is 6.06. The van der Waals surface area contributed by atoms with Crippen molar-refractivity contribution < 1.29 is 13.9 Å². The van der Waals surface area contributed by atoms with Crippen molar-refractivity contribution in [2.75, 3.05) is 12.4 Å². The Morgan fingerprint density at radius 1 is 1.24 bits per heavy atom. The van der Waals surface area contributed by atoms with Gasteiger partial charge in [0.2, 0.25) is 0 Å². The molecular formula is C22H17BrN2O3S. The third-order valence-corrected chi connectivity index (χ3v) is 5.73. The zero-order valence-corrected chi connectivity index (χ0v) is 18.1. The molecule has 0 saturated carbocycles. The number of hydrogen-bond donors (Lipinski definition) is 1. The summed E-state index contributed by atoms with van der Waals surface area (Å²) in [6, 6.07) is 18.6. The van der Waals surface area contributed by atoms with E-state index in [1.165, 1.54) is 23.4 Å². The Hall–Kier alpha value is -2.95. The highest BCUT2D eigenvalue weighted by molar-refractivity contribution is 9.10. The first-order chi connectivity index (χ1) is 14.0. The van der Waals surface area contributed by atoms with E-state index < -0.39 is 5.91 Å². The minimum atomic E-state index is -0.527. The van der Waals surface area contributed by atoms with Crippen molar-refractivity contribution in [3.63, 3.8) is 0 Å². The van der Waals surface area contributed by atoms with E-state index in [-0.39, 0.29) is 5.57 Å². The fourth-order valence-corrected chi connectivity index (χ4v) is 3.74. The lowest BCUT2D eigenvalue weighted by Crippen LogP contribution is -2.13. The van der Waals surface area contributed by atoms with Gasteiger partial charge in [0.25, 0.3) is 5.91 Å². The van der Waals surface area contributed by atoms with E-state index in [1.807, 2.05) is 37.3 Å². The lowest BCUT2D eigenvalue weighted by atomic mass is 10.2.